The molecule has 0 aliphatic carbocycles. The Morgan fingerprint density at radius 2 is 2.29 bits per heavy atom. The predicted molar refractivity (Wildman–Crippen MR) is 59.2 cm³/mol. The fraction of sp³-hybridized carbons (Fsp3) is 0.100. The van der Waals surface area contributed by atoms with Gasteiger partial charge in [0, 0.05) is 7.05 Å². The molecule has 0 spiro atoms. The maximum Gasteiger partial charge on any atom is 0.292 e. The van der Waals surface area contributed by atoms with Crippen molar-refractivity contribution >= 4 is 11.6 Å². The van der Waals surface area contributed by atoms with Crippen molar-refractivity contribution in [3.63, 3.8) is 0 Å². The van der Waals surface area contributed by atoms with Gasteiger partial charge in [-0.05, 0) is 12.1 Å². The van der Waals surface area contributed by atoms with Crippen LogP contribution in [0.3, 0.4) is 0 Å². The predicted octanol–water partition coefficient (Wildman–Crippen LogP) is 0.384. The molecule has 0 atom stereocenters. The lowest BCUT2D eigenvalue weighted by atomic mass is 10.2. The molecule has 2 aromatic rings. The molecule has 1 amide bonds. The number of aromatic nitrogens is 2. The van der Waals surface area contributed by atoms with Gasteiger partial charge in [0.1, 0.15) is 0 Å². The molecule has 2 rings (SSSR count). The van der Waals surface area contributed by atoms with Gasteiger partial charge in [-0.1, -0.05) is 11.2 Å². The third-order valence-electron chi connectivity index (χ3n) is 2.15. The average molecular weight is 234 g/mol. The van der Waals surface area contributed by atoms with E-state index in [1.165, 1.54) is 13.1 Å². The van der Waals surface area contributed by atoms with Gasteiger partial charge in [-0.25, -0.2) is 0 Å². The maximum absolute atomic E-state index is 11.2. The number of carbonyl (C=O) groups is 1. The Labute approximate surface area is 96.2 Å². The summed E-state index contributed by atoms with van der Waals surface area (Å²) in [5.41, 5.74) is 6.01. The van der Waals surface area contributed by atoms with Crippen molar-refractivity contribution in [3.05, 3.63) is 24.0 Å². The highest BCUT2D eigenvalue weighted by Crippen LogP contribution is 2.32. The third kappa shape index (κ3) is 1.89. The van der Waals surface area contributed by atoms with E-state index in [2.05, 4.69) is 15.5 Å². The molecular formula is C10H10N4O3. The quantitative estimate of drug-likeness (QED) is 0.511. The second-order valence-electron chi connectivity index (χ2n) is 3.25. The Hall–Kier alpha value is -2.57. The van der Waals surface area contributed by atoms with Crippen LogP contribution in [-0.2, 0) is 0 Å². The van der Waals surface area contributed by atoms with Gasteiger partial charge in [-0.2, -0.15) is 4.98 Å². The number of anilines is 1. The molecule has 0 saturated carbocycles. The number of carbonyl (C=O) groups excluding carboxylic acids is 1. The topological polar surface area (TPSA) is 114 Å². The summed E-state index contributed by atoms with van der Waals surface area (Å²) in [6, 6.07) is 4.73. The van der Waals surface area contributed by atoms with Gasteiger partial charge in [0.05, 0.1) is 11.3 Å². The van der Waals surface area contributed by atoms with Crippen molar-refractivity contribution in [2.24, 2.45) is 0 Å². The molecule has 0 saturated heterocycles. The highest BCUT2D eigenvalue weighted by molar-refractivity contribution is 5.90. The molecule has 17 heavy (non-hydrogen) atoms. The number of aromatic hydroxyl groups is 1. The van der Waals surface area contributed by atoms with E-state index in [0.717, 1.165) is 0 Å². The van der Waals surface area contributed by atoms with Crippen molar-refractivity contribution in [2.45, 2.75) is 0 Å². The summed E-state index contributed by atoms with van der Waals surface area (Å²) in [5.74, 6) is -0.694. The van der Waals surface area contributed by atoms with Crippen LogP contribution in [0.15, 0.2) is 22.7 Å². The van der Waals surface area contributed by atoms with Crippen molar-refractivity contribution in [2.75, 3.05) is 12.8 Å². The van der Waals surface area contributed by atoms with Gasteiger partial charge in [0.15, 0.2) is 5.75 Å². The van der Waals surface area contributed by atoms with Crippen molar-refractivity contribution < 1.29 is 14.4 Å². The molecule has 4 N–H and O–H groups in total. The fourth-order valence-electron chi connectivity index (χ4n) is 1.27. The number of nitrogen functional groups attached to an aromatic ring is 1. The first-order valence-corrected chi connectivity index (χ1v) is 4.77. The lowest BCUT2D eigenvalue weighted by molar-refractivity contribution is 0.0950. The van der Waals surface area contributed by atoms with E-state index < -0.39 is 5.91 Å². The van der Waals surface area contributed by atoms with Crippen molar-refractivity contribution in [1.29, 1.82) is 0 Å². The smallest absolute Gasteiger partial charge is 0.292 e. The number of phenolic OH excluding ortho intramolecular Hbond substituents is 1. The molecule has 1 heterocycles. The van der Waals surface area contributed by atoms with Crippen LogP contribution in [0.5, 0.6) is 5.75 Å². The molecular weight excluding hydrogens is 224 g/mol. The number of nitrogens with one attached hydrogen (secondary N) is 1. The van der Waals surface area contributed by atoms with Crippen LogP contribution < -0.4 is 11.1 Å². The largest absolute Gasteiger partial charge is 0.505 e. The van der Waals surface area contributed by atoms with E-state index in [1.807, 2.05) is 0 Å². The molecule has 0 unspecified atom stereocenters. The van der Waals surface area contributed by atoms with Crippen LogP contribution in [0, 0.1) is 0 Å². The average Bonchev–Trinajstić information content (AvgIpc) is 2.81. The lowest BCUT2D eigenvalue weighted by Gasteiger charge is -2.01. The number of phenols is 1. The summed E-state index contributed by atoms with van der Waals surface area (Å²) in [4.78, 5) is 15.1. The molecule has 1 aromatic carbocycles. The van der Waals surface area contributed by atoms with Gasteiger partial charge >= 0.3 is 0 Å². The molecule has 1 aromatic heterocycles. The van der Waals surface area contributed by atoms with Crippen LogP contribution in [0.2, 0.25) is 0 Å². The number of para-hydroxylation sites is 1. The molecule has 7 heteroatoms. The number of nitrogens with two attached hydrogens (primary N) is 1. The van der Waals surface area contributed by atoms with Crippen LogP contribution in [0.25, 0.3) is 11.5 Å². The summed E-state index contributed by atoms with van der Waals surface area (Å²) in [5, 5.41) is 15.5. The number of benzene rings is 1. The fourth-order valence-corrected chi connectivity index (χ4v) is 1.27. The Kier molecular flexibility index (Phi) is 2.65. The first kappa shape index (κ1) is 10.9. The van der Waals surface area contributed by atoms with Crippen molar-refractivity contribution in [3.8, 4) is 17.2 Å². The zero-order valence-corrected chi connectivity index (χ0v) is 8.97. The van der Waals surface area contributed by atoms with E-state index in [9.17, 15) is 9.90 Å². The van der Waals surface area contributed by atoms with Gasteiger partial charge in [0.2, 0.25) is 0 Å². The molecule has 0 radical (unpaired) electrons. The first-order valence-electron chi connectivity index (χ1n) is 4.77. The van der Waals surface area contributed by atoms with E-state index in [-0.39, 0.29) is 28.7 Å². The molecule has 7 nitrogen and oxygen atoms in total. The highest BCUT2D eigenvalue weighted by atomic mass is 16.5. The Morgan fingerprint density at radius 3 is 3.00 bits per heavy atom. The standard InChI is InChI=1S/C10H10N4O3/c1-12-9(16)8-13-10(17-14-8)5-3-2-4-6(11)7(5)15/h2-4,15H,11H2,1H3,(H,12,16). The normalized spacial score (nSPS) is 10.2. The van der Waals surface area contributed by atoms with Gasteiger partial charge in [-0.15, -0.1) is 0 Å². The monoisotopic (exact) mass is 234 g/mol. The summed E-state index contributed by atoms with van der Waals surface area (Å²) < 4.78 is 4.87. The lowest BCUT2D eigenvalue weighted by Crippen LogP contribution is -2.19. The summed E-state index contributed by atoms with van der Waals surface area (Å²) >= 11 is 0. The minimum Gasteiger partial charge on any atom is -0.505 e. The van der Waals surface area contributed by atoms with Crippen molar-refractivity contribution in [1.82, 2.24) is 15.5 Å². The number of amides is 1. The number of hydrogen-bond acceptors (Lipinski definition) is 6. The van der Waals surface area contributed by atoms with E-state index in [4.69, 9.17) is 10.3 Å². The second-order valence-corrected chi connectivity index (χ2v) is 3.25. The molecule has 0 bridgehead atoms. The summed E-state index contributed by atoms with van der Waals surface area (Å²) in [6.45, 7) is 0. The Balaban J connectivity index is 2.44. The van der Waals surface area contributed by atoms with E-state index in [1.54, 1.807) is 12.1 Å². The van der Waals surface area contributed by atoms with Gasteiger partial charge in [-0.3, -0.25) is 4.79 Å². The number of rotatable bonds is 2. The Bertz CT molecular complexity index is 564. The molecule has 0 aliphatic rings. The zero-order valence-electron chi connectivity index (χ0n) is 8.97. The minimum absolute atomic E-state index is 0.0356. The first-order chi connectivity index (χ1) is 8.13. The SMILES string of the molecule is CNC(=O)c1noc(-c2cccc(N)c2O)n1. The second kappa shape index (κ2) is 4.12. The number of nitrogens with zero attached hydrogens (tertiary/aromatic N) is 2. The summed E-state index contributed by atoms with van der Waals surface area (Å²) in [7, 11) is 1.45. The third-order valence-corrected chi connectivity index (χ3v) is 2.15. The summed E-state index contributed by atoms with van der Waals surface area (Å²) in [6.07, 6.45) is 0. The van der Waals surface area contributed by atoms with Crippen LogP contribution >= 0.6 is 0 Å². The Morgan fingerprint density at radius 1 is 1.53 bits per heavy atom. The zero-order chi connectivity index (χ0) is 12.4. The van der Waals surface area contributed by atoms with Gasteiger partial charge in [0.25, 0.3) is 17.6 Å². The van der Waals surface area contributed by atoms with Gasteiger partial charge < -0.3 is 20.7 Å². The van der Waals surface area contributed by atoms with Crippen LogP contribution in [0.4, 0.5) is 5.69 Å². The van der Waals surface area contributed by atoms with E-state index in [0.29, 0.717) is 0 Å². The van der Waals surface area contributed by atoms with Crippen LogP contribution in [0.1, 0.15) is 10.6 Å². The minimum atomic E-state index is -0.469. The van der Waals surface area contributed by atoms with E-state index >= 15 is 0 Å². The molecule has 0 fully saturated rings. The highest BCUT2D eigenvalue weighted by Gasteiger charge is 2.17. The molecule has 88 valence electrons. The maximum atomic E-state index is 11.2. The molecule has 0 aliphatic heterocycles. The van der Waals surface area contributed by atoms with Crippen LogP contribution in [-0.4, -0.2) is 28.2 Å². The number of hydrogen-bond donors (Lipinski definition) is 3.